The maximum atomic E-state index is 7.88. The molecule has 14 nitrogen and oxygen atoms in total. The molecule has 1 aromatic carbocycles. The van der Waals surface area contributed by atoms with Crippen molar-refractivity contribution < 1.29 is 14.2 Å². The number of pyridine rings is 2. The van der Waals surface area contributed by atoms with Crippen molar-refractivity contribution in [3.05, 3.63) is 65.0 Å². The lowest BCUT2D eigenvalue weighted by Crippen LogP contribution is -2.22. The lowest BCUT2D eigenvalue weighted by Gasteiger charge is -2.25. The minimum atomic E-state index is -0.146. The quantitative estimate of drug-likeness (QED) is 0.216. The van der Waals surface area contributed by atoms with Crippen molar-refractivity contribution in [3.63, 3.8) is 0 Å². The molecule has 1 N–H and O–H groups in total. The number of hydrogen-bond acceptors (Lipinski definition) is 11. The number of rotatable bonds is 9. The largest absolute Gasteiger partial charge is 0.494 e. The standard InChI is InChI=1S/C33H37N11O3/c1-20-35-29-26(38-25-10-8-9-24(30(25)46-5)31-39-41-42(3)40-31)18-22(37-33(29)44(20)28-11-6-7-16-47-28)17-21-12-13-27(32(34-2)36-21)43-15-14-23(19-43)45-4/h8-10,12-13,18,23,28H,6-7,11,14-17,19H2,1,3-5H3,(H,37,38)/t23-,28?/m0/s1. The van der Waals surface area contributed by atoms with E-state index >= 15 is 0 Å². The van der Waals surface area contributed by atoms with Gasteiger partial charge in [0, 0.05) is 26.8 Å². The molecule has 0 saturated carbocycles. The summed E-state index contributed by atoms with van der Waals surface area (Å²) in [5.74, 6) is 2.24. The van der Waals surface area contributed by atoms with Crippen molar-refractivity contribution in [3.8, 4) is 17.1 Å². The Balaban J connectivity index is 1.29. The van der Waals surface area contributed by atoms with Crippen molar-refractivity contribution in [2.45, 2.75) is 51.4 Å². The molecule has 0 amide bonds. The van der Waals surface area contributed by atoms with Crippen LogP contribution in [0.4, 0.5) is 22.9 Å². The van der Waals surface area contributed by atoms with Gasteiger partial charge in [0.15, 0.2) is 11.4 Å². The Morgan fingerprint density at radius 3 is 2.68 bits per heavy atom. The first-order valence-electron chi connectivity index (χ1n) is 15.8. The average molecular weight is 636 g/mol. The van der Waals surface area contributed by atoms with Gasteiger partial charge in [-0.15, -0.1) is 15.2 Å². The van der Waals surface area contributed by atoms with Crippen LogP contribution in [0, 0.1) is 13.5 Å². The maximum Gasteiger partial charge on any atom is 0.293 e. The molecule has 2 fully saturated rings. The molecular formula is C33H37N11O3. The fraction of sp³-hybridized carbons (Fsp3) is 0.424. The molecule has 2 saturated heterocycles. The van der Waals surface area contributed by atoms with E-state index in [1.807, 2.05) is 43.3 Å². The summed E-state index contributed by atoms with van der Waals surface area (Å²) in [6.07, 6.45) is 4.37. The summed E-state index contributed by atoms with van der Waals surface area (Å²) in [5, 5.41) is 16.1. The second kappa shape index (κ2) is 12.9. The highest BCUT2D eigenvalue weighted by Gasteiger charge is 2.27. The molecule has 2 atom stereocenters. The first kappa shape index (κ1) is 30.5. The fourth-order valence-corrected chi connectivity index (χ4v) is 6.48. The maximum absolute atomic E-state index is 7.88. The van der Waals surface area contributed by atoms with E-state index in [4.69, 9.17) is 35.7 Å². The smallest absolute Gasteiger partial charge is 0.293 e. The first-order valence-corrected chi connectivity index (χ1v) is 15.8. The van der Waals surface area contributed by atoms with Gasteiger partial charge in [-0.05, 0) is 68.2 Å². The van der Waals surface area contributed by atoms with Crippen LogP contribution in [0.25, 0.3) is 27.4 Å². The van der Waals surface area contributed by atoms with Crippen LogP contribution in [-0.2, 0) is 22.9 Å². The zero-order valence-corrected chi connectivity index (χ0v) is 27.0. The number of ether oxygens (including phenoxy) is 3. The van der Waals surface area contributed by atoms with Gasteiger partial charge in [-0.2, -0.15) is 4.80 Å². The molecule has 2 aliphatic rings. The molecule has 0 radical (unpaired) electrons. The van der Waals surface area contributed by atoms with E-state index < -0.39 is 0 Å². The SMILES string of the molecule is [C-]#[N+]c1nc(Cc2cc(Nc3cccc(-c4nnn(C)n4)c3OC)c3nc(C)n(C4CCCCO4)c3n2)ccc1N1CC[C@H](OC)C1. The van der Waals surface area contributed by atoms with Crippen LogP contribution in [0.15, 0.2) is 36.4 Å². The summed E-state index contributed by atoms with van der Waals surface area (Å²) in [6.45, 7) is 12.1. The van der Waals surface area contributed by atoms with Crippen LogP contribution >= 0.6 is 0 Å². The molecule has 2 aliphatic heterocycles. The Hall–Kier alpha value is -5.13. The Morgan fingerprint density at radius 2 is 1.96 bits per heavy atom. The predicted molar refractivity (Wildman–Crippen MR) is 176 cm³/mol. The number of fused-ring (bicyclic) bond motifs is 1. The summed E-state index contributed by atoms with van der Waals surface area (Å²) < 4.78 is 19.7. The van der Waals surface area contributed by atoms with Crippen LogP contribution in [0.3, 0.4) is 0 Å². The van der Waals surface area contributed by atoms with Gasteiger partial charge >= 0.3 is 0 Å². The Labute approximate surface area is 272 Å². The zero-order chi connectivity index (χ0) is 32.5. The number of methoxy groups -OCH3 is 2. The van der Waals surface area contributed by atoms with Crippen molar-refractivity contribution in [2.75, 3.05) is 44.1 Å². The minimum absolute atomic E-state index is 0.146. The van der Waals surface area contributed by atoms with E-state index in [1.54, 1.807) is 21.3 Å². The van der Waals surface area contributed by atoms with E-state index in [-0.39, 0.29) is 12.3 Å². The van der Waals surface area contributed by atoms with E-state index in [9.17, 15) is 0 Å². The van der Waals surface area contributed by atoms with Crippen LogP contribution in [-0.4, -0.2) is 79.7 Å². The number of nitrogens with zero attached hydrogens (tertiary/aromatic N) is 10. The lowest BCUT2D eigenvalue weighted by atomic mass is 10.1. The molecule has 0 aliphatic carbocycles. The van der Waals surface area contributed by atoms with Gasteiger partial charge in [-0.3, -0.25) is 4.57 Å². The normalized spacial score (nSPS) is 18.1. The van der Waals surface area contributed by atoms with Gasteiger partial charge in [0.25, 0.3) is 5.82 Å². The number of hydrogen-bond donors (Lipinski definition) is 1. The predicted octanol–water partition coefficient (Wildman–Crippen LogP) is 5.14. The van der Waals surface area contributed by atoms with Gasteiger partial charge in [0.2, 0.25) is 5.82 Å². The average Bonchev–Trinajstić information content (AvgIpc) is 3.83. The molecule has 0 spiro atoms. The van der Waals surface area contributed by atoms with E-state index in [0.29, 0.717) is 36.0 Å². The van der Waals surface area contributed by atoms with Gasteiger partial charge in [-0.1, -0.05) is 12.6 Å². The fourth-order valence-electron chi connectivity index (χ4n) is 6.48. The number of tetrazole rings is 1. The van der Waals surface area contributed by atoms with Crippen molar-refractivity contribution in [1.29, 1.82) is 0 Å². The van der Waals surface area contributed by atoms with Crippen LogP contribution in [0.5, 0.6) is 5.75 Å². The molecule has 47 heavy (non-hydrogen) atoms. The third kappa shape index (κ3) is 5.95. The van der Waals surface area contributed by atoms with E-state index in [2.05, 4.69) is 35.0 Å². The van der Waals surface area contributed by atoms with Crippen LogP contribution in [0.2, 0.25) is 0 Å². The number of imidazole rings is 1. The molecule has 242 valence electrons. The van der Waals surface area contributed by atoms with Crippen molar-refractivity contribution >= 4 is 34.0 Å². The molecule has 5 aromatic rings. The monoisotopic (exact) mass is 635 g/mol. The summed E-state index contributed by atoms with van der Waals surface area (Å²) in [6, 6.07) is 11.7. The van der Waals surface area contributed by atoms with Gasteiger partial charge in [0.05, 0.1) is 55.0 Å². The molecule has 7 rings (SSSR count). The van der Waals surface area contributed by atoms with E-state index in [1.165, 1.54) is 4.80 Å². The number of aromatic nitrogens is 8. The number of para-hydroxylation sites is 1. The third-order valence-electron chi connectivity index (χ3n) is 8.76. The number of aryl methyl sites for hydroxylation is 2. The minimum Gasteiger partial charge on any atom is -0.494 e. The summed E-state index contributed by atoms with van der Waals surface area (Å²) in [7, 11) is 5.07. The third-order valence-corrected chi connectivity index (χ3v) is 8.76. The Bertz CT molecular complexity index is 1960. The first-order chi connectivity index (χ1) is 22.9. The highest BCUT2D eigenvalue weighted by atomic mass is 16.5. The van der Waals surface area contributed by atoms with Gasteiger partial charge in [-0.25, -0.2) is 9.97 Å². The van der Waals surface area contributed by atoms with E-state index in [0.717, 1.165) is 84.2 Å². The Morgan fingerprint density at radius 1 is 1.06 bits per heavy atom. The Kier molecular flexibility index (Phi) is 8.40. The highest BCUT2D eigenvalue weighted by molar-refractivity contribution is 5.91. The number of nitrogens with one attached hydrogen (secondary N) is 1. The van der Waals surface area contributed by atoms with Crippen LogP contribution in [0.1, 0.15) is 49.1 Å². The lowest BCUT2D eigenvalue weighted by molar-refractivity contribution is -0.0309. The molecule has 0 bridgehead atoms. The molecular weight excluding hydrogens is 598 g/mol. The zero-order valence-electron chi connectivity index (χ0n) is 27.0. The molecule has 1 unspecified atom stereocenters. The van der Waals surface area contributed by atoms with Crippen molar-refractivity contribution in [1.82, 2.24) is 39.7 Å². The summed E-state index contributed by atoms with van der Waals surface area (Å²) in [5.41, 5.74) is 6.00. The molecule has 6 heterocycles. The second-order valence-electron chi connectivity index (χ2n) is 11.8. The van der Waals surface area contributed by atoms with Gasteiger partial charge in [0.1, 0.15) is 23.3 Å². The van der Waals surface area contributed by atoms with Gasteiger partial charge < -0.3 is 29.3 Å². The van der Waals surface area contributed by atoms with Crippen molar-refractivity contribution in [2.24, 2.45) is 7.05 Å². The summed E-state index contributed by atoms with van der Waals surface area (Å²) in [4.78, 5) is 22.3. The molecule has 4 aromatic heterocycles. The highest BCUT2D eigenvalue weighted by Crippen LogP contribution is 2.39. The topological polar surface area (TPSA) is 135 Å². The molecule has 14 heteroatoms. The van der Waals surface area contributed by atoms with Crippen LogP contribution < -0.4 is 15.0 Å². The number of benzene rings is 1. The number of anilines is 3. The summed E-state index contributed by atoms with van der Waals surface area (Å²) >= 11 is 0. The second-order valence-corrected chi connectivity index (χ2v) is 11.8.